The van der Waals surface area contributed by atoms with Crippen molar-refractivity contribution in [1.82, 2.24) is 9.80 Å². The smallest absolute Gasteiger partial charge is 0.228 e. The van der Waals surface area contributed by atoms with Gasteiger partial charge in [0, 0.05) is 57.3 Å². The van der Waals surface area contributed by atoms with E-state index in [9.17, 15) is 9.59 Å². The summed E-state index contributed by atoms with van der Waals surface area (Å²) >= 11 is 0. The SMILES string of the molecule is CCC(CC)C(=O)N1CCN(CCC(=O)N2CCCc3ccccc32)CC1. The van der Waals surface area contributed by atoms with E-state index in [1.165, 1.54) is 5.56 Å². The third-order valence-corrected chi connectivity index (χ3v) is 6.07. The number of anilines is 1. The number of nitrogens with zero attached hydrogens (tertiary/aromatic N) is 3. The van der Waals surface area contributed by atoms with E-state index in [0.717, 1.165) is 70.6 Å². The maximum absolute atomic E-state index is 12.8. The molecule has 2 aliphatic rings. The van der Waals surface area contributed by atoms with E-state index < -0.39 is 0 Å². The molecule has 1 aromatic carbocycles. The highest BCUT2D eigenvalue weighted by Gasteiger charge is 2.27. The molecule has 5 heteroatoms. The molecule has 0 saturated carbocycles. The molecule has 2 aliphatic heterocycles. The van der Waals surface area contributed by atoms with E-state index >= 15 is 0 Å². The van der Waals surface area contributed by atoms with Crippen LogP contribution >= 0.6 is 0 Å². The van der Waals surface area contributed by atoms with Gasteiger partial charge in [-0.25, -0.2) is 0 Å². The van der Waals surface area contributed by atoms with Gasteiger partial charge in [-0.2, -0.15) is 0 Å². The fraction of sp³-hybridized carbons (Fsp3) is 0.636. The second kappa shape index (κ2) is 9.36. The van der Waals surface area contributed by atoms with Gasteiger partial charge in [0.15, 0.2) is 0 Å². The summed E-state index contributed by atoms with van der Waals surface area (Å²) in [7, 11) is 0. The highest BCUT2D eigenvalue weighted by molar-refractivity contribution is 5.94. The van der Waals surface area contributed by atoms with Crippen LogP contribution in [0.3, 0.4) is 0 Å². The van der Waals surface area contributed by atoms with Gasteiger partial charge in [-0.3, -0.25) is 14.5 Å². The lowest BCUT2D eigenvalue weighted by molar-refractivity contribution is -0.137. The number of hydrogen-bond acceptors (Lipinski definition) is 3. The zero-order valence-electron chi connectivity index (χ0n) is 16.8. The molecule has 1 fully saturated rings. The van der Waals surface area contributed by atoms with Gasteiger partial charge >= 0.3 is 0 Å². The number of aryl methyl sites for hydroxylation is 1. The molecule has 0 atom stereocenters. The zero-order valence-corrected chi connectivity index (χ0v) is 16.8. The van der Waals surface area contributed by atoms with Crippen molar-refractivity contribution in [2.24, 2.45) is 5.92 Å². The van der Waals surface area contributed by atoms with Crippen molar-refractivity contribution >= 4 is 17.5 Å². The van der Waals surface area contributed by atoms with Gasteiger partial charge in [0.25, 0.3) is 0 Å². The first-order chi connectivity index (χ1) is 13.1. The molecule has 0 bridgehead atoms. The molecule has 5 nitrogen and oxygen atoms in total. The quantitative estimate of drug-likeness (QED) is 0.772. The maximum atomic E-state index is 12.8. The minimum atomic E-state index is 0.164. The third-order valence-electron chi connectivity index (χ3n) is 6.07. The Bertz CT molecular complexity index is 649. The van der Waals surface area contributed by atoms with Crippen molar-refractivity contribution in [3.05, 3.63) is 29.8 Å². The Hall–Kier alpha value is -1.88. The van der Waals surface area contributed by atoms with Gasteiger partial charge in [-0.1, -0.05) is 32.0 Å². The van der Waals surface area contributed by atoms with Gasteiger partial charge < -0.3 is 9.80 Å². The van der Waals surface area contributed by atoms with Crippen LogP contribution in [0.5, 0.6) is 0 Å². The molecule has 27 heavy (non-hydrogen) atoms. The average Bonchev–Trinajstić information content (AvgIpc) is 2.72. The summed E-state index contributed by atoms with van der Waals surface area (Å²) in [5.41, 5.74) is 2.37. The lowest BCUT2D eigenvalue weighted by atomic mass is 10.0. The summed E-state index contributed by atoms with van der Waals surface area (Å²) in [4.78, 5) is 31.6. The summed E-state index contributed by atoms with van der Waals surface area (Å²) < 4.78 is 0. The van der Waals surface area contributed by atoms with Crippen LogP contribution < -0.4 is 4.90 Å². The molecule has 1 saturated heterocycles. The fourth-order valence-corrected chi connectivity index (χ4v) is 4.27. The molecule has 0 radical (unpaired) electrons. The van der Waals surface area contributed by atoms with Crippen LogP contribution in [0.25, 0.3) is 0 Å². The molecule has 0 aromatic heterocycles. The highest BCUT2D eigenvalue weighted by atomic mass is 16.2. The monoisotopic (exact) mass is 371 g/mol. The van der Waals surface area contributed by atoms with Crippen molar-refractivity contribution in [2.75, 3.05) is 44.2 Å². The molecule has 2 amide bonds. The molecule has 0 aliphatic carbocycles. The lowest BCUT2D eigenvalue weighted by Crippen LogP contribution is -2.51. The predicted molar refractivity (Wildman–Crippen MR) is 109 cm³/mol. The Morgan fingerprint density at radius 2 is 1.70 bits per heavy atom. The van der Waals surface area contributed by atoms with Gasteiger partial charge in [-0.05, 0) is 37.3 Å². The largest absolute Gasteiger partial charge is 0.340 e. The van der Waals surface area contributed by atoms with E-state index in [-0.39, 0.29) is 11.8 Å². The summed E-state index contributed by atoms with van der Waals surface area (Å²) in [5, 5.41) is 0. The lowest BCUT2D eigenvalue weighted by Gasteiger charge is -2.36. The number of fused-ring (bicyclic) bond motifs is 1. The Labute approximate surface area is 163 Å². The molecule has 3 rings (SSSR count). The Morgan fingerprint density at radius 3 is 2.41 bits per heavy atom. The first-order valence-corrected chi connectivity index (χ1v) is 10.5. The standard InChI is InChI=1S/C22H33N3O2/c1-3-18(4-2)22(27)24-16-14-23(15-17-24)13-11-21(26)25-12-7-9-19-8-5-6-10-20(19)25/h5-6,8,10,18H,3-4,7,9,11-17H2,1-2H3. The first kappa shape index (κ1) is 19.9. The van der Waals surface area contributed by atoms with Gasteiger partial charge in [0.05, 0.1) is 0 Å². The van der Waals surface area contributed by atoms with Gasteiger partial charge in [0.1, 0.15) is 0 Å². The molecular formula is C22H33N3O2. The maximum Gasteiger partial charge on any atom is 0.228 e. The molecular weight excluding hydrogens is 338 g/mol. The van der Waals surface area contributed by atoms with Crippen LogP contribution in [0.4, 0.5) is 5.69 Å². The average molecular weight is 372 g/mol. The number of carbonyl (C=O) groups is 2. The minimum Gasteiger partial charge on any atom is -0.340 e. The Kier molecular flexibility index (Phi) is 6.89. The van der Waals surface area contributed by atoms with E-state index in [0.29, 0.717) is 12.3 Å². The number of carbonyl (C=O) groups excluding carboxylic acids is 2. The zero-order chi connectivity index (χ0) is 19.2. The number of amides is 2. The van der Waals surface area contributed by atoms with Crippen LogP contribution in [0, 0.1) is 5.92 Å². The van der Waals surface area contributed by atoms with Crippen LogP contribution in [-0.2, 0) is 16.0 Å². The minimum absolute atomic E-state index is 0.164. The molecule has 0 spiro atoms. The normalized spacial score (nSPS) is 17.9. The van der Waals surface area contributed by atoms with Crippen LogP contribution in [0.2, 0.25) is 0 Å². The molecule has 0 N–H and O–H groups in total. The number of para-hydroxylation sites is 1. The van der Waals surface area contributed by atoms with E-state index in [1.54, 1.807) is 0 Å². The Morgan fingerprint density at radius 1 is 1.00 bits per heavy atom. The van der Waals surface area contributed by atoms with Crippen LogP contribution in [0.15, 0.2) is 24.3 Å². The summed E-state index contributed by atoms with van der Waals surface area (Å²) in [6, 6.07) is 8.26. The summed E-state index contributed by atoms with van der Waals surface area (Å²) in [6.07, 6.45) is 4.49. The summed E-state index contributed by atoms with van der Waals surface area (Å²) in [6.45, 7) is 9.11. The third kappa shape index (κ3) is 4.70. The van der Waals surface area contributed by atoms with E-state index in [2.05, 4.69) is 36.9 Å². The Balaban J connectivity index is 1.47. The second-order valence-corrected chi connectivity index (χ2v) is 7.71. The fourth-order valence-electron chi connectivity index (χ4n) is 4.27. The highest BCUT2D eigenvalue weighted by Crippen LogP contribution is 2.27. The second-order valence-electron chi connectivity index (χ2n) is 7.71. The number of piperazine rings is 1. The first-order valence-electron chi connectivity index (χ1n) is 10.5. The van der Waals surface area contributed by atoms with Crippen LogP contribution in [0.1, 0.15) is 45.1 Å². The van der Waals surface area contributed by atoms with Crippen molar-refractivity contribution < 1.29 is 9.59 Å². The number of benzene rings is 1. The number of rotatable bonds is 6. The van der Waals surface area contributed by atoms with Crippen molar-refractivity contribution in [1.29, 1.82) is 0 Å². The molecule has 0 unspecified atom stereocenters. The van der Waals surface area contributed by atoms with Crippen molar-refractivity contribution in [3.63, 3.8) is 0 Å². The summed E-state index contributed by atoms with van der Waals surface area (Å²) in [5.74, 6) is 0.690. The van der Waals surface area contributed by atoms with Crippen molar-refractivity contribution in [2.45, 2.75) is 46.0 Å². The number of hydrogen-bond donors (Lipinski definition) is 0. The molecule has 2 heterocycles. The van der Waals surface area contributed by atoms with Crippen molar-refractivity contribution in [3.8, 4) is 0 Å². The molecule has 1 aromatic rings. The van der Waals surface area contributed by atoms with E-state index in [1.807, 2.05) is 15.9 Å². The molecule has 148 valence electrons. The predicted octanol–water partition coefficient (Wildman–Crippen LogP) is 2.94. The van der Waals surface area contributed by atoms with E-state index in [4.69, 9.17) is 0 Å². The van der Waals surface area contributed by atoms with Gasteiger partial charge in [-0.15, -0.1) is 0 Å². The topological polar surface area (TPSA) is 43.9 Å². The van der Waals surface area contributed by atoms with Gasteiger partial charge in [0.2, 0.25) is 11.8 Å². The van der Waals surface area contributed by atoms with Crippen LogP contribution in [-0.4, -0.2) is 60.9 Å².